The van der Waals surface area contributed by atoms with Gasteiger partial charge in [0.2, 0.25) is 0 Å². The van der Waals surface area contributed by atoms with Crippen LogP contribution in [0, 0.1) is 13.8 Å². The van der Waals surface area contributed by atoms with E-state index in [0.717, 1.165) is 23.8 Å². The molecule has 0 amide bonds. The van der Waals surface area contributed by atoms with Crippen molar-refractivity contribution >= 4 is 26.9 Å². The number of nitrogens with one attached hydrogen (secondary N) is 1. The van der Waals surface area contributed by atoms with Gasteiger partial charge in [0, 0.05) is 11.7 Å². The summed E-state index contributed by atoms with van der Waals surface area (Å²) in [6.45, 7) is 3.72. The largest absolute Gasteiger partial charge is 0.367 e. The van der Waals surface area contributed by atoms with Gasteiger partial charge < -0.3 is 5.32 Å². The molecule has 0 spiro atoms. The molecule has 0 unspecified atom stereocenters. The Morgan fingerprint density at radius 3 is 2.44 bits per heavy atom. The smallest absolute Gasteiger partial charge is 0.269 e. The molecule has 1 aromatic carbocycles. The molecular formula is C20H24N4O2S. The molecule has 1 saturated carbocycles. The normalized spacial score (nSPS) is 15.9. The Hall–Kier alpha value is -2.41. The predicted octanol–water partition coefficient (Wildman–Crippen LogP) is 4.03. The molecule has 6 nitrogen and oxygen atoms in total. The standard InChI is InChI=1S/C20H24N4O2S/c1-14-8-10-17(11-9-14)27(25,26)24-15(2)12-18-19(21-13-22-20(18)24)23-16-6-4-3-5-7-16/h8-13,16H,3-7H2,1-2H3,(H,21,22,23). The molecule has 1 fully saturated rings. The van der Waals surface area contributed by atoms with Crippen LogP contribution >= 0.6 is 0 Å². The Labute approximate surface area is 159 Å². The summed E-state index contributed by atoms with van der Waals surface area (Å²) >= 11 is 0. The van der Waals surface area contributed by atoms with Crippen LogP contribution in [-0.4, -0.2) is 28.4 Å². The maximum absolute atomic E-state index is 13.2. The molecule has 1 aliphatic rings. The summed E-state index contributed by atoms with van der Waals surface area (Å²) in [5.74, 6) is 0.716. The van der Waals surface area contributed by atoms with E-state index in [1.54, 1.807) is 31.2 Å². The summed E-state index contributed by atoms with van der Waals surface area (Å²) < 4.78 is 27.8. The highest BCUT2D eigenvalue weighted by Crippen LogP contribution is 2.29. The van der Waals surface area contributed by atoms with Crippen molar-refractivity contribution in [2.24, 2.45) is 0 Å². The SMILES string of the molecule is Cc1ccc(S(=O)(=O)n2c(C)cc3c(NC4CCCCC4)ncnc32)cc1. The quantitative estimate of drug-likeness (QED) is 0.735. The molecule has 1 N–H and O–H groups in total. The molecular weight excluding hydrogens is 360 g/mol. The highest BCUT2D eigenvalue weighted by molar-refractivity contribution is 7.90. The Bertz CT molecular complexity index is 1070. The molecule has 142 valence electrons. The van der Waals surface area contributed by atoms with Gasteiger partial charge in [-0.15, -0.1) is 0 Å². The lowest BCUT2D eigenvalue weighted by atomic mass is 9.95. The highest BCUT2D eigenvalue weighted by atomic mass is 32.2. The average Bonchev–Trinajstić information content (AvgIpc) is 3.01. The first-order valence-corrected chi connectivity index (χ1v) is 10.8. The van der Waals surface area contributed by atoms with Gasteiger partial charge in [-0.1, -0.05) is 37.0 Å². The van der Waals surface area contributed by atoms with Crippen molar-refractivity contribution in [2.45, 2.75) is 56.9 Å². The first-order valence-electron chi connectivity index (χ1n) is 9.38. The van der Waals surface area contributed by atoms with Gasteiger partial charge in [-0.05, 0) is 44.9 Å². The van der Waals surface area contributed by atoms with Crippen LogP contribution in [0.2, 0.25) is 0 Å². The van der Waals surface area contributed by atoms with Crippen LogP contribution in [0.5, 0.6) is 0 Å². The van der Waals surface area contributed by atoms with E-state index in [4.69, 9.17) is 0 Å². The highest BCUT2D eigenvalue weighted by Gasteiger charge is 2.24. The van der Waals surface area contributed by atoms with E-state index in [1.807, 2.05) is 13.0 Å². The second-order valence-electron chi connectivity index (χ2n) is 7.31. The van der Waals surface area contributed by atoms with E-state index >= 15 is 0 Å². The average molecular weight is 385 g/mol. The molecule has 2 heterocycles. The van der Waals surface area contributed by atoms with E-state index in [1.165, 1.54) is 29.6 Å². The number of aromatic nitrogens is 3. The maximum atomic E-state index is 13.2. The first-order chi connectivity index (χ1) is 13.0. The Balaban J connectivity index is 1.79. The van der Waals surface area contributed by atoms with Crippen LogP contribution in [0.25, 0.3) is 11.0 Å². The number of rotatable bonds is 4. The number of hydrogen-bond acceptors (Lipinski definition) is 5. The van der Waals surface area contributed by atoms with E-state index in [9.17, 15) is 8.42 Å². The minimum atomic E-state index is -3.72. The summed E-state index contributed by atoms with van der Waals surface area (Å²) in [5.41, 5.74) is 2.06. The second-order valence-corrected chi connectivity index (χ2v) is 9.09. The molecule has 1 aliphatic carbocycles. The Morgan fingerprint density at radius 1 is 1.04 bits per heavy atom. The Kier molecular flexibility index (Phi) is 4.63. The third-order valence-electron chi connectivity index (χ3n) is 5.23. The molecule has 0 atom stereocenters. The van der Waals surface area contributed by atoms with Gasteiger partial charge in [0.15, 0.2) is 5.65 Å². The second kappa shape index (κ2) is 6.96. The Morgan fingerprint density at radius 2 is 1.74 bits per heavy atom. The molecule has 2 aromatic heterocycles. The number of hydrogen-bond donors (Lipinski definition) is 1. The third-order valence-corrected chi connectivity index (χ3v) is 7.04. The van der Waals surface area contributed by atoms with E-state index in [-0.39, 0.29) is 4.90 Å². The zero-order valence-electron chi connectivity index (χ0n) is 15.6. The van der Waals surface area contributed by atoms with Crippen LogP contribution in [0.4, 0.5) is 5.82 Å². The number of aryl methyl sites for hydroxylation is 2. The first kappa shape index (κ1) is 18.0. The number of nitrogens with zero attached hydrogens (tertiary/aromatic N) is 3. The number of fused-ring (bicyclic) bond motifs is 1. The molecule has 7 heteroatoms. The van der Waals surface area contributed by atoms with Crippen molar-refractivity contribution in [3.8, 4) is 0 Å². The van der Waals surface area contributed by atoms with Crippen molar-refractivity contribution in [3.05, 3.63) is 47.9 Å². The molecule has 27 heavy (non-hydrogen) atoms. The molecule has 0 aliphatic heterocycles. The number of anilines is 1. The van der Waals surface area contributed by atoms with Gasteiger partial charge in [0.05, 0.1) is 10.3 Å². The van der Waals surface area contributed by atoms with Crippen LogP contribution in [0.15, 0.2) is 41.6 Å². The van der Waals surface area contributed by atoms with Gasteiger partial charge in [-0.3, -0.25) is 0 Å². The summed E-state index contributed by atoms with van der Waals surface area (Å²) in [6, 6.07) is 9.12. The van der Waals surface area contributed by atoms with Crippen LogP contribution in [-0.2, 0) is 10.0 Å². The lowest BCUT2D eigenvalue weighted by molar-refractivity contribution is 0.462. The third kappa shape index (κ3) is 3.32. The molecule has 0 radical (unpaired) electrons. The van der Waals surface area contributed by atoms with E-state index in [0.29, 0.717) is 23.2 Å². The minimum Gasteiger partial charge on any atom is -0.367 e. The summed E-state index contributed by atoms with van der Waals surface area (Å²) in [5, 5.41) is 4.25. The molecule has 3 aromatic rings. The van der Waals surface area contributed by atoms with Gasteiger partial charge in [0.1, 0.15) is 12.1 Å². The summed E-state index contributed by atoms with van der Waals surface area (Å²) in [6.07, 6.45) is 7.39. The summed E-state index contributed by atoms with van der Waals surface area (Å²) in [7, 11) is -3.72. The lowest BCUT2D eigenvalue weighted by Gasteiger charge is -2.23. The van der Waals surface area contributed by atoms with Crippen molar-refractivity contribution in [3.63, 3.8) is 0 Å². The molecule has 4 rings (SSSR count). The molecule has 0 saturated heterocycles. The van der Waals surface area contributed by atoms with E-state index in [2.05, 4.69) is 15.3 Å². The summed E-state index contributed by atoms with van der Waals surface area (Å²) in [4.78, 5) is 8.95. The van der Waals surface area contributed by atoms with Crippen LogP contribution in [0.1, 0.15) is 43.4 Å². The van der Waals surface area contributed by atoms with Crippen LogP contribution < -0.4 is 5.32 Å². The zero-order chi connectivity index (χ0) is 19.0. The fourth-order valence-corrected chi connectivity index (χ4v) is 5.29. The predicted molar refractivity (Wildman–Crippen MR) is 107 cm³/mol. The van der Waals surface area contributed by atoms with Crippen LogP contribution in [0.3, 0.4) is 0 Å². The van der Waals surface area contributed by atoms with Gasteiger partial charge in [-0.2, -0.15) is 0 Å². The van der Waals surface area contributed by atoms with Crippen molar-refractivity contribution < 1.29 is 8.42 Å². The topological polar surface area (TPSA) is 76.9 Å². The maximum Gasteiger partial charge on any atom is 0.269 e. The van der Waals surface area contributed by atoms with Gasteiger partial charge >= 0.3 is 0 Å². The monoisotopic (exact) mass is 384 g/mol. The van der Waals surface area contributed by atoms with E-state index < -0.39 is 10.0 Å². The van der Waals surface area contributed by atoms with Gasteiger partial charge in [-0.25, -0.2) is 22.4 Å². The fourth-order valence-electron chi connectivity index (χ4n) is 3.79. The van der Waals surface area contributed by atoms with Crippen molar-refractivity contribution in [1.82, 2.24) is 13.9 Å². The fraction of sp³-hybridized carbons (Fsp3) is 0.400. The lowest BCUT2D eigenvalue weighted by Crippen LogP contribution is -2.23. The number of benzene rings is 1. The van der Waals surface area contributed by atoms with Gasteiger partial charge in [0.25, 0.3) is 10.0 Å². The van der Waals surface area contributed by atoms with Crippen molar-refractivity contribution in [2.75, 3.05) is 5.32 Å². The van der Waals surface area contributed by atoms with Crippen molar-refractivity contribution in [1.29, 1.82) is 0 Å². The zero-order valence-corrected chi connectivity index (χ0v) is 16.5. The minimum absolute atomic E-state index is 0.258. The molecule has 0 bridgehead atoms.